The predicted octanol–water partition coefficient (Wildman–Crippen LogP) is 1.28. The molecule has 26 heavy (non-hydrogen) atoms. The first-order chi connectivity index (χ1) is 12.5. The summed E-state index contributed by atoms with van der Waals surface area (Å²) in [5, 5.41) is 14.3. The number of rotatable bonds is 3. The quantitative estimate of drug-likeness (QED) is 0.572. The molecule has 3 aliphatic heterocycles. The normalized spacial score (nSPS) is 21.3. The summed E-state index contributed by atoms with van der Waals surface area (Å²) < 4.78 is 1.23. The van der Waals surface area contributed by atoms with Crippen LogP contribution >= 0.6 is 23.4 Å². The zero-order valence-electron chi connectivity index (χ0n) is 14.3. The van der Waals surface area contributed by atoms with Crippen molar-refractivity contribution in [1.82, 2.24) is 19.7 Å². The van der Waals surface area contributed by atoms with E-state index in [1.54, 1.807) is 19.4 Å². The third kappa shape index (κ3) is 2.61. The summed E-state index contributed by atoms with van der Waals surface area (Å²) in [6.07, 6.45) is 6.16. The summed E-state index contributed by atoms with van der Waals surface area (Å²) >= 11 is 7.69. The molecule has 3 saturated heterocycles. The average molecular weight is 390 g/mol. The first-order valence-corrected chi connectivity index (χ1v) is 9.70. The zero-order valence-corrected chi connectivity index (χ0v) is 15.8. The van der Waals surface area contributed by atoms with E-state index in [1.165, 1.54) is 16.4 Å². The van der Waals surface area contributed by atoms with Gasteiger partial charge in [0.05, 0.1) is 30.2 Å². The Morgan fingerprint density at radius 1 is 1.35 bits per heavy atom. The monoisotopic (exact) mass is 389 g/mol. The smallest absolute Gasteiger partial charge is 0.287 e. The summed E-state index contributed by atoms with van der Waals surface area (Å²) in [6.45, 7) is 1.41. The third-order valence-electron chi connectivity index (χ3n) is 4.89. The molecule has 2 bridgehead atoms. The van der Waals surface area contributed by atoms with Gasteiger partial charge in [0.2, 0.25) is 0 Å². The van der Waals surface area contributed by atoms with Crippen molar-refractivity contribution in [3.05, 3.63) is 33.3 Å². The lowest BCUT2D eigenvalue weighted by atomic mass is 9.86. The molecule has 2 aromatic heterocycles. The second kappa shape index (κ2) is 6.45. The van der Waals surface area contributed by atoms with Crippen LogP contribution in [0, 0.1) is 11.3 Å². The van der Waals surface area contributed by atoms with Crippen LogP contribution in [0.2, 0.25) is 5.02 Å². The molecule has 2 unspecified atom stereocenters. The molecule has 0 aromatic carbocycles. The fourth-order valence-corrected chi connectivity index (χ4v) is 4.23. The summed E-state index contributed by atoms with van der Waals surface area (Å²) in [6, 6.07) is 2.61. The molecule has 5 rings (SSSR count). The Hall–Kier alpha value is -2.31. The van der Waals surface area contributed by atoms with E-state index >= 15 is 0 Å². The molecule has 2 atom stereocenters. The molecule has 0 amide bonds. The number of nitriles is 1. The summed E-state index contributed by atoms with van der Waals surface area (Å²) in [4.78, 5) is 25.1. The highest BCUT2D eigenvalue weighted by atomic mass is 35.5. The number of piperazine rings is 1. The maximum Gasteiger partial charge on any atom is 0.287 e. The third-order valence-corrected chi connectivity index (χ3v) is 5.80. The second-order valence-electron chi connectivity index (χ2n) is 6.33. The van der Waals surface area contributed by atoms with Gasteiger partial charge in [-0.1, -0.05) is 23.4 Å². The van der Waals surface area contributed by atoms with Crippen molar-refractivity contribution < 1.29 is 0 Å². The Labute approximate surface area is 159 Å². The maximum atomic E-state index is 12.0. The number of piperidine rings is 1. The zero-order chi connectivity index (χ0) is 18.4. The fraction of sp³-hybridized carbons (Fsp3) is 0.438. The van der Waals surface area contributed by atoms with Gasteiger partial charge in [0.1, 0.15) is 16.7 Å². The first-order valence-electron chi connectivity index (χ1n) is 8.09. The van der Waals surface area contributed by atoms with Crippen LogP contribution in [0.1, 0.15) is 12.0 Å². The van der Waals surface area contributed by atoms with Gasteiger partial charge in [-0.15, -0.1) is 0 Å². The molecule has 0 spiro atoms. The highest BCUT2D eigenvalue weighted by molar-refractivity contribution is 7.98. The standard InChI is InChI=1S/C16H16ClN7OS/c1-22-15(25)13(17)12(6-20-22)23-7-10-3-11(8-23)24(10)14-9(4-18)5-19-16(21-14)26-2/h5-6,10-11H,3,7-8H2,1-2H3. The Kier molecular flexibility index (Phi) is 4.25. The number of aryl methyl sites for hydroxylation is 1. The van der Waals surface area contributed by atoms with Gasteiger partial charge in [-0.2, -0.15) is 10.4 Å². The van der Waals surface area contributed by atoms with E-state index in [4.69, 9.17) is 11.6 Å². The van der Waals surface area contributed by atoms with E-state index in [0.29, 0.717) is 35.3 Å². The van der Waals surface area contributed by atoms with Crippen molar-refractivity contribution in [2.24, 2.45) is 7.05 Å². The van der Waals surface area contributed by atoms with E-state index in [1.807, 2.05) is 6.26 Å². The largest absolute Gasteiger partial charge is 0.365 e. The molecule has 0 saturated carbocycles. The topological polar surface area (TPSA) is 90.9 Å². The van der Waals surface area contributed by atoms with Crippen LogP contribution in [-0.2, 0) is 7.05 Å². The molecule has 134 valence electrons. The van der Waals surface area contributed by atoms with Gasteiger partial charge in [-0.3, -0.25) is 4.79 Å². The number of nitrogens with zero attached hydrogens (tertiary/aromatic N) is 7. The molecule has 10 heteroatoms. The molecule has 5 heterocycles. The first kappa shape index (κ1) is 17.1. The molecule has 0 aliphatic carbocycles. The van der Waals surface area contributed by atoms with Crippen LogP contribution in [0.3, 0.4) is 0 Å². The Morgan fingerprint density at radius 2 is 2.08 bits per heavy atom. The Bertz CT molecular complexity index is 960. The van der Waals surface area contributed by atoms with E-state index in [0.717, 1.165) is 6.42 Å². The van der Waals surface area contributed by atoms with Gasteiger partial charge < -0.3 is 9.80 Å². The summed E-state index contributed by atoms with van der Waals surface area (Å²) in [5.74, 6) is 0.695. The van der Waals surface area contributed by atoms with Gasteiger partial charge >= 0.3 is 0 Å². The van der Waals surface area contributed by atoms with E-state index in [-0.39, 0.29) is 22.7 Å². The number of hydrogen-bond donors (Lipinski definition) is 0. The van der Waals surface area contributed by atoms with E-state index < -0.39 is 0 Å². The van der Waals surface area contributed by atoms with Gasteiger partial charge in [0.15, 0.2) is 11.0 Å². The summed E-state index contributed by atoms with van der Waals surface area (Å²) in [7, 11) is 1.58. The van der Waals surface area contributed by atoms with Crippen molar-refractivity contribution in [3.63, 3.8) is 0 Å². The number of fused-ring (bicyclic) bond motifs is 2. The van der Waals surface area contributed by atoms with Crippen LogP contribution in [0.15, 0.2) is 22.3 Å². The number of thioether (sulfide) groups is 1. The van der Waals surface area contributed by atoms with Crippen LogP contribution in [-0.4, -0.2) is 51.2 Å². The SMILES string of the molecule is CSc1ncc(C#N)c(N2C3CC2CN(c2cnn(C)c(=O)c2Cl)C3)n1. The predicted molar refractivity (Wildman–Crippen MR) is 99.9 cm³/mol. The lowest BCUT2D eigenvalue weighted by Gasteiger charge is -2.57. The highest BCUT2D eigenvalue weighted by Crippen LogP contribution is 2.40. The van der Waals surface area contributed by atoms with Gasteiger partial charge in [0.25, 0.3) is 5.56 Å². The molecule has 0 radical (unpaired) electrons. The lowest BCUT2D eigenvalue weighted by Crippen LogP contribution is -2.69. The minimum absolute atomic E-state index is 0.194. The molecule has 3 aliphatic rings. The number of aromatic nitrogens is 4. The van der Waals surface area contributed by atoms with Crippen LogP contribution < -0.4 is 15.4 Å². The van der Waals surface area contributed by atoms with E-state index in [2.05, 4.69) is 30.9 Å². The average Bonchev–Trinajstić information content (AvgIpc) is 2.66. The number of hydrogen-bond acceptors (Lipinski definition) is 8. The van der Waals surface area contributed by atoms with Crippen molar-refractivity contribution in [3.8, 4) is 6.07 Å². The van der Waals surface area contributed by atoms with Gasteiger partial charge in [-0.25, -0.2) is 14.6 Å². The number of anilines is 2. The second-order valence-corrected chi connectivity index (χ2v) is 7.49. The van der Waals surface area contributed by atoms with Crippen molar-refractivity contribution in [2.45, 2.75) is 23.7 Å². The van der Waals surface area contributed by atoms with Crippen molar-refractivity contribution >= 4 is 34.9 Å². The Balaban J connectivity index is 1.62. The van der Waals surface area contributed by atoms with Gasteiger partial charge in [-0.05, 0) is 12.7 Å². The van der Waals surface area contributed by atoms with Crippen molar-refractivity contribution in [2.75, 3.05) is 29.1 Å². The van der Waals surface area contributed by atoms with Crippen LogP contribution in [0.5, 0.6) is 0 Å². The molecular weight excluding hydrogens is 374 g/mol. The molecular formula is C16H16ClN7OS. The highest BCUT2D eigenvalue weighted by Gasteiger charge is 2.46. The number of halogens is 1. The minimum Gasteiger partial charge on any atom is -0.365 e. The van der Waals surface area contributed by atoms with Gasteiger partial charge in [0, 0.05) is 20.1 Å². The Morgan fingerprint density at radius 3 is 2.73 bits per heavy atom. The minimum atomic E-state index is -0.299. The lowest BCUT2D eigenvalue weighted by molar-refractivity contribution is 0.288. The fourth-order valence-electron chi connectivity index (χ4n) is 3.61. The van der Waals surface area contributed by atoms with Crippen LogP contribution in [0.25, 0.3) is 0 Å². The molecule has 2 aromatic rings. The molecule has 3 fully saturated rings. The molecule has 0 N–H and O–H groups in total. The van der Waals surface area contributed by atoms with Crippen molar-refractivity contribution in [1.29, 1.82) is 5.26 Å². The summed E-state index contributed by atoms with van der Waals surface area (Å²) in [5.41, 5.74) is 0.851. The van der Waals surface area contributed by atoms with Crippen LogP contribution in [0.4, 0.5) is 11.5 Å². The van der Waals surface area contributed by atoms with E-state index in [9.17, 15) is 10.1 Å². The maximum absolute atomic E-state index is 12.0. The molecule has 8 nitrogen and oxygen atoms in total.